The summed E-state index contributed by atoms with van der Waals surface area (Å²) in [7, 11) is 0. The number of rotatable bonds is 4. The molecule has 1 fully saturated rings. The number of likely N-dealkylation sites (tertiary alicyclic amines) is 1. The van der Waals surface area contributed by atoms with Crippen molar-refractivity contribution < 1.29 is 14.3 Å². The number of benzene rings is 1. The highest BCUT2D eigenvalue weighted by atomic mass is 19.1. The lowest BCUT2D eigenvalue weighted by atomic mass is 9.97. The van der Waals surface area contributed by atoms with Crippen LogP contribution < -0.4 is 0 Å². The van der Waals surface area contributed by atoms with Crippen LogP contribution in [0.1, 0.15) is 38.2 Å². The number of carbonyl (C=O) groups excluding carboxylic acids is 1. The van der Waals surface area contributed by atoms with E-state index in [2.05, 4.69) is 0 Å². The molecule has 3 atom stereocenters. The molecule has 1 heterocycles. The van der Waals surface area contributed by atoms with E-state index in [9.17, 15) is 14.3 Å². The number of hydrogen-bond acceptors (Lipinski definition) is 2. The molecule has 1 saturated heterocycles. The van der Waals surface area contributed by atoms with Crippen LogP contribution in [-0.2, 0) is 4.79 Å². The third kappa shape index (κ3) is 3.57. The fourth-order valence-corrected chi connectivity index (χ4v) is 2.71. The zero-order valence-electron chi connectivity index (χ0n) is 12.1. The number of aliphatic hydroxyl groups is 1. The number of halogens is 1. The molecule has 0 bridgehead atoms. The predicted molar refractivity (Wildman–Crippen MR) is 75.8 cm³/mol. The van der Waals surface area contributed by atoms with Crippen LogP contribution in [0.5, 0.6) is 0 Å². The highest BCUT2D eigenvalue weighted by Crippen LogP contribution is 2.24. The van der Waals surface area contributed by atoms with Crippen LogP contribution in [0.15, 0.2) is 24.3 Å². The number of aliphatic hydroxyl groups excluding tert-OH is 1. The maximum absolute atomic E-state index is 12.9. The minimum Gasteiger partial charge on any atom is -0.393 e. The molecule has 1 N–H and O–H groups in total. The van der Waals surface area contributed by atoms with Gasteiger partial charge in [0.25, 0.3) is 0 Å². The van der Waals surface area contributed by atoms with Gasteiger partial charge in [0.1, 0.15) is 5.82 Å². The standard InChI is InChI=1S/C16H22FNO2/c1-11(13-3-5-15(17)6-4-13)9-16(20)18-8-7-14(10-18)12(2)19/h3-6,11-12,14,19H,7-10H2,1-2H3/t11-,12+,14-/m1/s1. The summed E-state index contributed by atoms with van der Waals surface area (Å²) >= 11 is 0. The zero-order valence-corrected chi connectivity index (χ0v) is 12.1. The molecule has 0 aromatic heterocycles. The van der Waals surface area contributed by atoms with Crippen LogP contribution in [0.2, 0.25) is 0 Å². The van der Waals surface area contributed by atoms with Gasteiger partial charge in [0.15, 0.2) is 0 Å². The molecule has 0 radical (unpaired) electrons. The lowest BCUT2D eigenvalue weighted by Gasteiger charge is -2.20. The SMILES string of the molecule is C[C@H](CC(=O)N1CC[C@@H]([C@H](C)O)C1)c1ccc(F)cc1. The first-order valence-corrected chi connectivity index (χ1v) is 7.18. The van der Waals surface area contributed by atoms with Crippen LogP contribution in [0, 0.1) is 11.7 Å². The summed E-state index contributed by atoms with van der Waals surface area (Å²) in [5.41, 5.74) is 0.978. The molecule has 0 unspecified atom stereocenters. The monoisotopic (exact) mass is 279 g/mol. The smallest absolute Gasteiger partial charge is 0.223 e. The van der Waals surface area contributed by atoms with Crippen LogP contribution in [0.25, 0.3) is 0 Å². The van der Waals surface area contributed by atoms with E-state index in [4.69, 9.17) is 0 Å². The van der Waals surface area contributed by atoms with E-state index >= 15 is 0 Å². The molecule has 1 aliphatic heterocycles. The summed E-state index contributed by atoms with van der Waals surface area (Å²) in [6.07, 6.45) is 0.939. The maximum atomic E-state index is 12.9. The Morgan fingerprint density at radius 1 is 1.40 bits per heavy atom. The summed E-state index contributed by atoms with van der Waals surface area (Å²) < 4.78 is 12.9. The van der Waals surface area contributed by atoms with Crippen molar-refractivity contribution in [2.75, 3.05) is 13.1 Å². The average Bonchev–Trinajstić information content (AvgIpc) is 2.89. The van der Waals surface area contributed by atoms with E-state index < -0.39 is 0 Å². The average molecular weight is 279 g/mol. The maximum Gasteiger partial charge on any atom is 0.223 e. The largest absolute Gasteiger partial charge is 0.393 e. The lowest BCUT2D eigenvalue weighted by Crippen LogP contribution is -2.31. The van der Waals surface area contributed by atoms with Gasteiger partial charge in [-0.2, -0.15) is 0 Å². The molecule has 1 aromatic carbocycles. The first-order chi connectivity index (χ1) is 9.47. The van der Waals surface area contributed by atoms with Gasteiger partial charge in [-0.3, -0.25) is 4.79 Å². The van der Waals surface area contributed by atoms with Crippen molar-refractivity contribution in [3.05, 3.63) is 35.6 Å². The third-order valence-electron chi connectivity index (χ3n) is 4.18. The Bertz CT molecular complexity index is 458. The normalized spacial score (nSPS) is 21.8. The van der Waals surface area contributed by atoms with E-state index in [-0.39, 0.29) is 29.7 Å². The van der Waals surface area contributed by atoms with Crippen LogP contribution in [-0.4, -0.2) is 35.1 Å². The van der Waals surface area contributed by atoms with Crippen molar-refractivity contribution in [1.82, 2.24) is 4.90 Å². The summed E-state index contributed by atoms with van der Waals surface area (Å²) in [5, 5.41) is 9.56. The summed E-state index contributed by atoms with van der Waals surface area (Å²) in [5.74, 6) is 0.130. The van der Waals surface area contributed by atoms with Crippen LogP contribution >= 0.6 is 0 Å². The molecular weight excluding hydrogens is 257 g/mol. The molecule has 0 spiro atoms. The number of nitrogens with zero attached hydrogens (tertiary/aromatic N) is 1. The van der Waals surface area contributed by atoms with Gasteiger partial charge in [-0.05, 0) is 37.0 Å². The van der Waals surface area contributed by atoms with Gasteiger partial charge >= 0.3 is 0 Å². The van der Waals surface area contributed by atoms with Gasteiger partial charge in [0.2, 0.25) is 5.91 Å². The first kappa shape index (κ1) is 15.0. The second-order valence-corrected chi connectivity index (χ2v) is 5.79. The fourth-order valence-electron chi connectivity index (χ4n) is 2.71. The van der Waals surface area contributed by atoms with Crippen molar-refractivity contribution in [3.63, 3.8) is 0 Å². The molecule has 20 heavy (non-hydrogen) atoms. The van der Waals surface area contributed by atoms with Crippen LogP contribution in [0.4, 0.5) is 4.39 Å². The topological polar surface area (TPSA) is 40.5 Å². The van der Waals surface area contributed by atoms with E-state index in [0.717, 1.165) is 18.5 Å². The second kappa shape index (κ2) is 6.35. The molecule has 1 aromatic rings. The highest BCUT2D eigenvalue weighted by molar-refractivity contribution is 5.77. The Morgan fingerprint density at radius 2 is 2.05 bits per heavy atom. The molecule has 0 aliphatic carbocycles. The van der Waals surface area contributed by atoms with E-state index in [1.54, 1.807) is 19.1 Å². The van der Waals surface area contributed by atoms with Crippen molar-refractivity contribution in [1.29, 1.82) is 0 Å². The Labute approximate surface area is 119 Å². The third-order valence-corrected chi connectivity index (χ3v) is 4.18. The number of amides is 1. The Balaban J connectivity index is 1.90. The van der Waals surface area contributed by atoms with Crippen molar-refractivity contribution in [2.45, 2.75) is 38.7 Å². The van der Waals surface area contributed by atoms with Gasteiger partial charge < -0.3 is 10.0 Å². The first-order valence-electron chi connectivity index (χ1n) is 7.18. The highest BCUT2D eigenvalue weighted by Gasteiger charge is 2.29. The van der Waals surface area contributed by atoms with Gasteiger partial charge in [0, 0.05) is 25.4 Å². The number of hydrogen-bond donors (Lipinski definition) is 1. The minimum absolute atomic E-state index is 0.0775. The van der Waals surface area contributed by atoms with Gasteiger partial charge in [-0.15, -0.1) is 0 Å². The van der Waals surface area contributed by atoms with E-state index in [0.29, 0.717) is 13.0 Å². The lowest BCUT2D eigenvalue weighted by molar-refractivity contribution is -0.130. The summed E-state index contributed by atoms with van der Waals surface area (Å²) in [6.45, 7) is 5.13. The molecule has 4 heteroatoms. The molecule has 0 saturated carbocycles. The number of carbonyl (C=O) groups is 1. The van der Waals surface area contributed by atoms with Gasteiger partial charge in [-0.25, -0.2) is 4.39 Å². The van der Waals surface area contributed by atoms with Crippen molar-refractivity contribution >= 4 is 5.91 Å². The van der Waals surface area contributed by atoms with Gasteiger partial charge in [-0.1, -0.05) is 19.1 Å². The molecule has 3 nitrogen and oxygen atoms in total. The van der Waals surface area contributed by atoms with Crippen molar-refractivity contribution in [3.8, 4) is 0 Å². The quantitative estimate of drug-likeness (QED) is 0.920. The predicted octanol–water partition coefficient (Wildman–Crippen LogP) is 2.55. The fraction of sp³-hybridized carbons (Fsp3) is 0.562. The molecule has 1 amide bonds. The molecule has 1 aliphatic rings. The van der Waals surface area contributed by atoms with Gasteiger partial charge in [0.05, 0.1) is 6.10 Å². The Morgan fingerprint density at radius 3 is 2.60 bits per heavy atom. The minimum atomic E-state index is -0.359. The second-order valence-electron chi connectivity index (χ2n) is 5.79. The summed E-state index contributed by atoms with van der Waals surface area (Å²) in [4.78, 5) is 14.1. The van der Waals surface area contributed by atoms with E-state index in [1.165, 1.54) is 12.1 Å². The molecule has 110 valence electrons. The Kier molecular flexibility index (Phi) is 4.76. The zero-order chi connectivity index (χ0) is 14.7. The molecular formula is C16H22FNO2. The van der Waals surface area contributed by atoms with Crippen LogP contribution in [0.3, 0.4) is 0 Å². The van der Waals surface area contributed by atoms with Crippen molar-refractivity contribution in [2.24, 2.45) is 5.92 Å². The molecule has 2 rings (SSSR count). The van der Waals surface area contributed by atoms with E-state index in [1.807, 2.05) is 11.8 Å². The Hall–Kier alpha value is -1.42. The summed E-state index contributed by atoms with van der Waals surface area (Å²) in [6, 6.07) is 6.32.